The fraction of sp³-hybridized carbons (Fsp3) is 0.438. The van der Waals surface area contributed by atoms with E-state index in [2.05, 4.69) is 15.6 Å². The summed E-state index contributed by atoms with van der Waals surface area (Å²) in [6.45, 7) is 5.18. The molecule has 2 aliphatic carbocycles. The van der Waals surface area contributed by atoms with E-state index in [1.165, 1.54) is 17.1 Å². The summed E-state index contributed by atoms with van der Waals surface area (Å²) in [5.74, 6) is -0.973. The highest BCUT2D eigenvalue weighted by Gasteiger charge is 2.51. The lowest BCUT2D eigenvalue weighted by Crippen LogP contribution is -2.56. The van der Waals surface area contributed by atoms with Crippen LogP contribution in [0.5, 0.6) is 0 Å². The van der Waals surface area contributed by atoms with Gasteiger partial charge in [-0.25, -0.2) is 4.98 Å². The van der Waals surface area contributed by atoms with Gasteiger partial charge in [0.2, 0.25) is 17.7 Å². The molecule has 2 N–H and O–H groups in total. The maximum Gasteiger partial charge on any atom is 0.416 e. The van der Waals surface area contributed by atoms with Gasteiger partial charge in [-0.05, 0) is 60.9 Å². The molecule has 7 nitrogen and oxygen atoms in total. The van der Waals surface area contributed by atoms with Crippen molar-refractivity contribution in [2.45, 2.75) is 64.1 Å². The Labute approximate surface area is 242 Å². The van der Waals surface area contributed by atoms with Crippen LogP contribution in [0.25, 0.3) is 0 Å². The zero-order chi connectivity index (χ0) is 30.0. The summed E-state index contributed by atoms with van der Waals surface area (Å²) >= 11 is 0. The van der Waals surface area contributed by atoms with Crippen molar-refractivity contribution >= 4 is 29.2 Å². The van der Waals surface area contributed by atoms with Gasteiger partial charge < -0.3 is 15.5 Å². The number of carbonyl (C=O) groups is 3. The van der Waals surface area contributed by atoms with Crippen LogP contribution in [0.1, 0.15) is 50.3 Å². The normalized spacial score (nSPS) is 27.9. The summed E-state index contributed by atoms with van der Waals surface area (Å²) < 4.78 is 40.7. The Morgan fingerprint density at radius 3 is 2.69 bits per heavy atom. The second-order valence-electron chi connectivity index (χ2n) is 12.7. The number of fused-ring (bicyclic) bond motifs is 3. The summed E-state index contributed by atoms with van der Waals surface area (Å²) in [5.41, 5.74) is 1.17. The minimum Gasteiger partial charge on any atom is -0.329 e. The molecule has 4 atom stereocenters. The van der Waals surface area contributed by atoms with Crippen molar-refractivity contribution in [1.29, 1.82) is 0 Å². The van der Waals surface area contributed by atoms with Crippen molar-refractivity contribution in [2.75, 3.05) is 17.2 Å². The van der Waals surface area contributed by atoms with E-state index in [-0.39, 0.29) is 24.3 Å². The number of amides is 3. The van der Waals surface area contributed by atoms with Gasteiger partial charge in [0, 0.05) is 34.8 Å². The van der Waals surface area contributed by atoms with Gasteiger partial charge in [0.15, 0.2) is 0 Å². The van der Waals surface area contributed by atoms with Crippen molar-refractivity contribution in [3.63, 3.8) is 0 Å². The predicted molar refractivity (Wildman–Crippen MR) is 151 cm³/mol. The fourth-order valence-electron chi connectivity index (χ4n) is 7.05. The third kappa shape index (κ3) is 4.70. The van der Waals surface area contributed by atoms with Crippen molar-refractivity contribution in [2.24, 2.45) is 17.3 Å². The SMILES string of the molecule is CC1C=CC(C(F)(F)F)=CC1[C@H]1CCC(C)(C)C(=O)N1CC(=O)Nc1ccc2c(c1)C[C@@]1(C2)C(=O)Nc2ncccc21. The Hall–Kier alpha value is -3.95. The van der Waals surface area contributed by atoms with Crippen molar-refractivity contribution in [1.82, 2.24) is 9.88 Å². The molecular weight excluding hydrogens is 545 g/mol. The predicted octanol–water partition coefficient (Wildman–Crippen LogP) is 5.34. The number of pyridine rings is 1. The number of likely N-dealkylation sites (tertiary alicyclic amines) is 1. The molecule has 0 saturated carbocycles. The Morgan fingerprint density at radius 1 is 1.17 bits per heavy atom. The first-order valence-electron chi connectivity index (χ1n) is 14.3. The molecule has 42 heavy (non-hydrogen) atoms. The summed E-state index contributed by atoms with van der Waals surface area (Å²) in [6.07, 6.45) is 3.02. The Morgan fingerprint density at radius 2 is 1.93 bits per heavy atom. The number of rotatable bonds is 4. The largest absolute Gasteiger partial charge is 0.416 e. The lowest BCUT2D eigenvalue weighted by atomic mass is 9.72. The molecule has 1 aromatic carbocycles. The van der Waals surface area contributed by atoms with Crippen molar-refractivity contribution < 1.29 is 27.6 Å². The summed E-state index contributed by atoms with van der Waals surface area (Å²) in [7, 11) is 0. The average Bonchev–Trinajstić information content (AvgIpc) is 3.44. The van der Waals surface area contributed by atoms with Crippen LogP contribution in [0.3, 0.4) is 0 Å². The second kappa shape index (κ2) is 9.81. The maximum absolute atomic E-state index is 13.6. The van der Waals surface area contributed by atoms with Gasteiger partial charge >= 0.3 is 6.18 Å². The average molecular weight is 579 g/mol. The first-order valence-corrected chi connectivity index (χ1v) is 14.3. The number of hydrogen-bond acceptors (Lipinski definition) is 4. The molecule has 1 spiro atoms. The van der Waals surface area contributed by atoms with Gasteiger partial charge in [0.25, 0.3) is 0 Å². The zero-order valence-electron chi connectivity index (χ0n) is 23.7. The number of piperidine rings is 1. The van der Waals surface area contributed by atoms with E-state index in [4.69, 9.17) is 0 Å². The number of anilines is 2. The molecule has 1 aromatic heterocycles. The third-order valence-corrected chi connectivity index (χ3v) is 9.41. The monoisotopic (exact) mass is 578 g/mol. The highest BCUT2D eigenvalue weighted by Crippen LogP contribution is 2.47. The molecule has 3 amide bonds. The summed E-state index contributed by atoms with van der Waals surface area (Å²) in [4.78, 5) is 45.7. The fourth-order valence-corrected chi connectivity index (χ4v) is 7.05. The van der Waals surface area contributed by atoms with Gasteiger partial charge in [-0.2, -0.15) is 13.2 Å². The molecule has 2 aliphatic heterocycles. The van der Waals surface area contributed by atoms with Crippen LogP contribution in [0.4, 0.5) is 24.7 Å². The third-order valence-electron chi connectivity index (χ3n) is 9.41. The molecule has 4 aliphatic rings. The first kappa shape index (κ1) is 28.2. The first-order chi connectivity index (χ1) is 19.8. The Balaban J connectivity index is 1.21. The highest BCUT2D eigenvalue weighted by molar-refractivity contribution is 6.06. The standard InChI is InChI=1S/C32H33F3N4O3/c1-18-6-8-21(32(33,34)35)14-23(18)25-10-11-30(2,3)29(42)39(25)17-26(40)37-22-9-7-19-15-31(16-20(19)13-22)24-5-4-12-36-27(24)38-28(31)41/h4-9,12-14,18,23,25H,10-11,15-17H2,1-3H3,(H,37,40)(H,36,38,41)/t18?,23?,25-,31-/m1/s1. The minimum atomic E-state index is -4.49. The smallest absolute Gasteiger partial charge is 0.329 e. The highest BCUT2D eigenvalue weighted by atomic mass is 19.4. The zero-order valence-corrected chi connectivity index (χ0v) is 23.7. The van der Waals surface area contributed by atoms with E-state index < -0.39 is 40.4 Å². The van der Waals surface area contributed by atoms with Crippen LogP contribution in [0.2, 0.25) is 0 Å². The van der Waals surface area contributed by atoms with Gasteiger partial charge in [0.05, 0.1) is 11.0 Å². The number of carbonyl (C=O) groups excluding carboxylic acids is 3. The van der Waals surface area contributed by atoms with E-state index in [9.17, 15) is 27.6 Å². The van der Waals surface area contributed by atoms with E-state index in [0.717, 1.165) is 22.8 Å². The number of nitrogens with zero attached hydrogens (tertiary/aromatic N) is 2. The maximum atomic E-state index is 13.6. The van der Waals surface area contributed by atoms with Crippen LogP contribution < -0.4 is 10.6 Å². The Bertz CT molecular complexity index is 1550. The molecule has 3 heterocycles. The number of alkyl halides is 3. The van der Waals surface area contributed by atoms with E-state index in [1.807, 2.05) is 31.2 Å². The quantitative estimate of drug-likeness (QED) is 0.513. The molecule has 1 fully saturated rings. The number of allylic oxidation sites excluding steroid dienone is 3. The van der Waals surface area contributed by atoms with Crippen LogP contribution in [-0.4, -0.2) is 46.4 Å². The second-order valence-corrected chi connectivity index (χ2v) is 12.7. The minimum absolute atomic E-state index is 0.0928. The Kier molecular flexibility index (Phi) is 6.58. The van der Waals surface area contributed by atoms with Crippen LogP contribution >= 0.6 is 0 Å². The van der Waals surface area contributed by atoms with Gasteiger partial charge in [0.1, 0.15) is 12.4 Å². The number of halogens is 3. The summed E-state index contributed by atoms with van der Waals surface area (Å²) in [5, 5.41) is 5.77. The van der Waals surface area contributed by atoms with Gasteiger partial charge in [-0.15, -0.1) is 0 Å². The van der Waals surface area contributed by atoms with Crippen LogP contribution in [-0.2, 0) is 32.6 Å². The van der Waals surface area contributed by atoms with Crippen LogP contribution in [0.15, 0.2) is 60.3 Å². The molecule has 2 aromatic rings. The van der Waals surface area contributed by atoms with Gasteiger partial charge in [-0.3, -0.25) is 14.4 Å². The number of hydrogen-bond donors (Lipinski definition) is 2. The van der Waals surface area contributed by atoms with E-state index in [0.29, 0.717) is 37.2 Å². The van der Waals surface area contributed by atoms with E-state index >= 15 is 0 Å². The molecule has 1 saturated heterocycles. The molecular formula is C32H33F3N4O3. The van der Waals surface area contributed by atoms with Crippen molar-refractivity contribution in [3.05, 3.63) is 77.0 Å². The lowest BCUT2D eigenvalue weighted by molar-refractivity contribution is -0.151. The molecule has 0 bridgehead atoms. The van der Waals surface area contributed by atoms with Gasteiger partial charge in [-0.1, -0.05) is 51.1 Å². The number of benzene rings is 1. The van der Waals surface area contributed by atoms with Crippen LogP contribution in [0, 0.1) is 17.3 Å². The molecule has 0 radical (unpaired) electrons. The molecule has 6 rings (SSSR count). The molecule has 10 heteroatoms. The topological polar surface area (TPSA) is 91.4 Å². The molecule has 220 valence electrons. The van der Waals surface area contributed by atoms with E-state index in [1.54, 1.807) is 26.1 Å². The van der Waals surface area contributed by atoms with Crippen molar-refractivity contribution in [3.8, 4) is 0 Å². The number of nitrogens with one attached hydrogen (secondary N) is 2. The summed E-state index contributed by atoms with van der Waals surface area (Å²) in [6, 6.07) is 8.73. The number of aromatic nitrogens is 1. The molecule has 2 unspecified atom stereocenters. The lowest BCUT2D eigenvalue weighted by Gasteiger charge is -2.46.